The standard InChI is InChI=1S/C20H25N3O2/c1-3-14-9-12-24-18(14)17(6-1)13-23-10-7-16(8-11-23)20-21-19(22-25-20)15-4-2-5-15/h1,3,6,15-16H,2,4-5,7-13H2. The molecule has 3 heterocycles. The molecule has 2 aliphatic heterocycles. The summed E-state index contributed by atoms with van der Waals surface area (Å²) < 4.78 is 11.4. The van der Waals surface area contributed by atoms with Gasteiger partial charge in [-0.05, 0) is 44.3 Å². The van der Waals surface area contributed by atoms with Crippen molar-refractivity contribution in [1.82, 2.24) is 15.0 Å². The minimum absolute atomic E-state index is 0.426. The van der Waals surface area contributed by atoms with E-state index in [4.69, 9.17) is 14.2 Å². The van der Waals surface area contributed by atoms with Gasteiger partial charge in [0.2, 0.25) is 5.89 Å². The third kappa shape index (κ3) is 2.95. The van der Waals surface area contributed by atoms with Gasteiger partial charge in [0, 0.05) is 30.4 Å². The molecule has 132 valence electrons. The molecule has 0 N–H and O–H groups in total. The number of aromatic nitrogens is 2. The summed E-state index contributed by atoms with van der Waals surface area (Å²) in [6.45, 7) is 3.97. The number of fused-ring (bicyclic) bond motifs is 1. The van der Waals surface area contributed by atoms with Crippen molar-refractivity contribution in [1.29, 1.82) is 0 Å². The third-order valence-electron chi connectivity index (χ3n) is 6.05. The Labute approximate surface area is 148 Å². The largest absolute Gasteiger partial charge is 0.493 e. The van der Waals surface area contributed by atoms with E-state index in [1.54, 1.807) is 0 Å². The molecule has 0 amide bonds. The lowest BCUT2D eigenvalue weighted by Gasteiger charge is -2.30. The fourth-order valence-electron chi connectivity index (χ4n) is 4.23. The summed E-state index contributed by atoms with van der Waals surface area (Å²) in [6, 6.07) is 6.56. The van der Waals surface area contributed by atoms with Gasteiger partial charge in [-0.25, -0.2) is 0 Å². The molecule has 0 radical (unpaired) electrons. The maximum Gasteiger partial charge on any atom is 0.229 e. The zero-order valence-electron chi connectivity index (χ0n) is 14.6. The van der Waals surface area contributed by atoms with E-state index >= 15 is 0 Å². The summed E-state index contributed by atoms with van der Waals surface area (Å²) >= 11 is 0. The predicted molar refractivity (Wildman–Crippen MR) is 93.8 cm³/mol. The fraction of sp³-hybridized carbons (Fsp3) is 0.600. The summed E-state index contributed by atoms with van der Waals surface area (Å²) in [4.78, 5) is 7.22. The number of ether oxygens (including phenoxy) is 1. The Bertz CT molecular complexity index is 745. The van der Waals surface area contributed by atoms with E-state index in [0.29, 0.717) is 11.8 Å². The number of piperidine rings is 1. The highest BCUT2D eigenvalue weighted by Crippen LogP contribution is 2.36. The SMILES string of the molecule is c1cc2c(c(CN3CCC(c4nc(C5CCC5)no4)CC3)c1)OCC2. The van der Waals surface area contributed by atoms with Gasteiger partial charge in [0.25, 0.3) is 0 Å². The molecule has 0 unspecified atom stereocenters. The molecule has 1 aromatic heterocycles. The van der Waals surface area contributed by atoms with Crippen molar-refractivity contribution in [3.8, 4) is 5.75 Å². The lowest BCUT2D eigenvalue weighted by molar-refractivity contribution is 0.185. The number of benzene rings is 1. The molecule has 0 spiro atoms. The first kappa shape index (κ1) is 15.4. The molecule has 2 fully saturated rings. The van der Waals surface area contributed by atoms with Gasteiger partial charge in [0.1, 0.15) is 5.75 Å². The van der Waals surface area contributed by atoms with E-state index in [1.807, 2.05) is 0 Å². The molecule has 25 heavy (non-hydrogen) atoms. The molecular weight excluding hydrogens is 314 g/mol. The number of hydrogen-bond acceptors (Lipinski definition) is 5. The van der Waals surface area contributed by atoms with E-state index in [-0.39, 0.29) is 0 Å². The fourth-order valence-corrected chi connectivity index (χ4v) is 4.23. The minimum atomic E-state index is 0.426. The first-order valence-electron chi connectivity index (χ1n) is 9.66. The maximum absolute atomic E-state index is 5.84. The van der Waals surface area contributed by atoms with Gasteiger partial charge >= 0.3 is 0 Å². The van der Waals surface area contributed by atoms with Gasteiger partial charge in [0.15, 0.2) is 5.82 Å². The molecule has 2 aromatic rings. The Hall–Kier alpha value is -1.88. The van der Waals surface area contributed by atoms with E-state index in [0.717, 1.165) is 63.0 Å². The molecule has 5 rings (SSSR count). The van der Waals surface area contributed by atoms with Crippen molar-refractivity contribution in [2.75, 3.05) is 19.7 Å². The number of likely N-dealkylation sites (tertiary alicyclic amines) is 1. The summed E-state index contributed by atoms with van der Waals surface area (Å²) in [7, 11) is 0. The van der Waals surface area contributed by atoms with Crippen LogP contribution in [0.3, 0.4) is 0 Å². The van der Waals surface area contributed by atoms with Gasteiger partial charge < -0.3 is 9.26 Å². The van der Waals surface area contributed by atoms with Gasteiger partial charge in [-0.1, -0.05) is 29.8 Å². The molecule has 3 aliphatic rings. The highest BCUT2D eigenvalue weighted by Gasteiger charge is 2.29. The van der Waals surface area contributed by atoms with Crippen molar-refractivity contribution in [3.63, 3.8) is 0 Å². The molecule has 0 atom stereocenters. The second kappa shape index (κ2) is 6.45. The van der Waals surface area contributed by atoms with Crippen LogP contribution in [0.1, 0.15) is 66.8 Å². The van der Waals surface area contributed by atoms with Crippen molar-refractivity contribution in [3.05, 3.63) is 41.0 Å². The maximum atomic E-state index is 5.84. The molecule has 0 bridgehead atoms. The second-order valence-corrected chi connectivity index (χ2v) is 7.67. The van der Waals surface area contributed by atoms with Crippen LogP contribution in [0.2, 0.25) is 0 Å². The monoisotopic (exact) mass is 339 g/mol. The highest BCUT2D eigenvalue weighted by atomic mass is 16.5. The van der Waals surface area contributed by atoms with Crippen molar-refractivity contribution in [2.24, 2.45) is 0 Å². The number of hydrogen-bond donors (Lipinski definition) is 0. The molecule has 1 aromatic carbocycles. The van der Waals surface area contributed by atoms with Crippen LogP contribution in [0.15, 0.2) is 22.7 Å². The van der Waals surface area contributed by atoms with Crippen LogP contribution >= 0.6 is 0 Å². The van der Waals surface area contributed by atoms with Crippen LogP contribution in [0.25, 0.3) is 0 Å². The minimum Gasteiger partial charge on any atom is -0.493 e. The Morgan fingerprint density at radius 1 is 1.08 bits per heavy atom. The van der Waals surface area contributed by atoms with Gasteiger partial charge in [-0.3, -0.25) is 4.90 Å². The summed E-state index contributed by atoms with van der Waals surface area (Å²) in [6.07, 6.45) is 7.00. The molecule has 1 saturated heterocycles. The normalized spacial score (nSPS) is 21.8. The van der Waals surface area contributed by atoms with E-state index < -0.39 is 0 Å². The molecule has 5 heteroatoms. The first-order chi connectivity index (χ1) is 12.4. The zero-order chi connectivity index (χ0) is 16.6. The van der Waals surface area contributed by atoms with Gasteiger partial charge in [0.05, 0.1) is 6.61 Å². The summed E-state index contributed by atoms with van der Waals surface area (Å²) in [5.74, 6) is 3.92. The average Bonchev–Trinajstić information content (AvgIpc) is 3.24. The Morgan fingerprint density at radius 2 is 1.96 bits per heavy atom. The Balaban J connectivity index is 1.20. The second-order valence-electron chi connectivity index (χ2n) is 7.67. The average molecular weight is 339 g/mol. The molecular formula is C20H25N3O2. The lowest BCUT2D eigenvalue weighted by Crippen LogP contribution is -2.32. The Kier molecular flexibility index (Phi) is 3.97. The van der Waals surface area contributed by atoms with Crippen molar-refractivity contribution >= 4 is 0 Å². The predicted octanol–water partition coefficient (Wildman–Crippen LogP) is 3.65. The van der Waals surface area contributed by atoms with Crippen LogP contribution in [-0.2, 0) is 13.0 Å². The molecule has 1 aliphatic carbocycles. The van der Waals surface area contributed by atoms with Crippen LogP contribution in [-0.4, -0.2) is 34.7 Å². The topological polar surface area (TPSA) is 51.4 Å². The summed E-state index contributed by atoms with van der Waals surface area (Å²) in [5, 5.41) is 4.22. The quantitative estimate of drug-likeness (QED) is 0.851. The first-order valence-corrected chi connectivity index (χ1v) is 9.66. The van der Waals surface area contributed by atoms with Crippen molar-refractivity contribution < 1.29 is 9.26 Å². The number of para-hydroxylation sites is 1. The molecule has 1 saturated carbocycles. The summed E-state index contributed by atoms with van der Waals surface area (Å²) in [5.41, 5.74) is 2.69. The third-order valence-corrected chi connectivity index (χ3v) is 6.05. The zero-order valence-corrected chi connectivity index (χ0v) is 14.6. The van der Waals surface area contributed by atoms with E-state index in [2.05, 4.69) is 28.3 Å². The van der Waals surface area contributed by atoms with Crippen LogP contribution in [0.4, 0.5) is 0 Å². The van der Waals surface area contributed by atoms with Crippen molar-refractivity contribution in [2.45, 2.75) is 56.9 Å². The Morgan fingerprint density at radius 3 is 2.76 bits per heavy atom. The van der Waals surface area contributed by atoms with E-state index in [9.17, 15) is 0 Å². The van der Waals surface area contributed by atoms with Gasteiger partial charge in [-0.2, -0.15) is 4.98 Å². The van der Waals surface area contributed by atoms with E-state index in [1.165, 1.54) is 30.4 Å². The number of nitrogens with zero attached hydrogens (tertiary/aromatic N) is 3. The highest BCUT2D eigenvalue weighted by molar-refractivity contribution is 5.43. The molecule has 5 nitrogen and oxygen atoms in total. The van der Waals surface area contributed by atoms with Crippen LogP contribution in [0.5, 0.6) is 5.75 Å². The van der Waals surface area contributed by atoms with Gasteiger partial charge in [-0.15, -0.1) is 0 Å². The number of rotatable bonds is 4. The van der Waals surface area contributed by atoms with Crippen LogP contribution in [0, 0.1) is 0 Å². The van der Waals surface area contributed by atoms with Crippen LogP contribution < -0.4 is 4.74 Å². The lowest BCUT2D eigenvalue weighted by atomic mass is 9.85. The smallest absolute Gasteiger partial charge is 0.229 e.